The van der Waals surface area contributed by atoms with Gasteiger partial charge in [-0.05, 0) is 44.5 Å². The van der Waals surface area contributed by atoms with Crippen LogP contribution in [0.5, 0.6) is 11.8 Å². The summed E-state index contributed by atoms with van der Waals surface area (Å²) in [5.41, 5.74) is 1.98. The van der Waals surface area contributed by atoms with Gasteiger partial charge in [-0.1, -0.05) is 23.7 Å². The molecule has 0 bridgehead atoms. The lowest BCUT2D eigenvalue weighted by Gasteiger charge is -2.13. The van der Waals surface area contributed by atoms with E-state index in [1.807, 2.05) is 13.0 Å². The molecule has 0 aliphatic rings. The average Bonchev–Trinajstić information content (AvgIpc) is 2.66. The zero-order chi connectivity index (χ0) is 22.1. The van der Waals surface area contributed by atoms with E-state index in [-0.39, 0.29) is 17.3 Å². The molecule has 0 saturated heterocycles. The van der Waals surface area contributed by atoms with Crippen molar-refractivity contribution in [2.24, 2.45) is 7.05 Å². The Kier molecular flexibility index (Phi) is 6.28. The molecule has 2 aromatic heterocycles. The van der Waals surface area contributed by atoms with Gasteiger partial charge in [-0.2, -0.15) is 9.97 Å². The van der Waals surface area contributed by atoms with E-state index in [1.165, 1.54) is 10.6 Å². The highest BCUT2D eigenvalue weighted by molar-refractivity contribution is 7.91. The van der Waals surface area contributed by atoms with Gasteiger partial charge in [0.1, 0.15) is 0 Å². The van der Waals surface area contributed by atoms with E-state index in [9.17, 15) is 13.2 Å². The quantitative estimate of drug-likeness (QED) is 0.568. The van der Waals surface area contributed by atoms with Crippen LogP contribution in [0.2, 0.25) is 5.02 Å². The van der Waals surface area contributed by atoms with Crippen LogP contribution >= 0.6 is 11.6 Å². The fourth-order valence-corrected chi connectivity index (χ4v) is 3.85. The summed E-state index contributed by atoms with van der Waals surface area (Å²) in [4.78, 5) is 20.5. The van der Waals surface area contributed by atoms with Crippen LogP contribution in [-0.2, 0) is 22.6 Å². The maximum Gasteiger partial charge on any atom is 0.322 e. The Balaban J connectivity index is 2.12. The Labute approximate surface area is 180 Å². The van der Waals surface area contributed by atoms with Gasteiger partial charge in [-0.25, -0.2) is 8.42 Å². The Morgan fingerprint density at radius 2 is 1.90 bits per heavy atom. The largest absolute Gasteiger partial charge is 0.422 e. The summed E-state index contributed by atoms with van der Waals surface area (Å²) < 4.78 is 32.2. The number of nitrogens with zero attached hydrogens (tertiary/aromatic N) is 3. The number of aryl methyl sites for hydroxylation is 2. The van der Waals surface area contributed by atoms with Gasteiger partial charge in [0, 0.05) is 24.9 Å². The molecule has 158 valence electrons. The van der Waals surface area contributed by atoms with E-state index in [0.29, 0.717) is 27.7 Å². The summed E-state index contributed by atoms with van der Waals surface area (Å²) >= 11 is 6.25. The van der Waals surface area contributed by atoms with Crippen molar-refractivity contribution in [3.63, 3.8) is 0 Å². The van der Waals surface area contributed by atoms with Crippen molar-refractivity contribution in [1.82, 2.24) is 14.5 Å². The molecular formula is C21H22ClN3O4S. The standard InChI is InChI=1S/C21H22ClN3O4S/c1-13(2)30(27,28)12-16-10-18(15-8-9-19(26)25(4)11-15)24-21(23-16)29-20-14(3)6-5-7-17(20)22/h5-11,13H,12H2,1-4H3. The molecule has 0 aliphatic carbocycles. The van der Waals surface area contributed by atoms with Crippen LogP contribution in [0.25, 0.3) is 11.3 Å². The molecule has 0 fully saturated rings. The first-order chi connectivity index (χ1) is 14.1. The lowest BCUT2D eigenvalue weighted by atomic mass is 10.2. The molecule has 0 atom stereocenters. The van der Waals surface area contributed by atoms with E-state index < -0.39 is 15.1 Å². The number of hydrogen-bond donors (Lipinski definition) is 0. The lowest BCUT2D eigenvalue weighted by Crippen LogP contribution is -2.17. The topological polar surface area (TPSA) is 91.1 Å². The third-order valence-corrected chi connectivity index (χ3v) is 7.00. The summed E-state index contributed by atoms with van der Waals surface area (Å²) in [5.74, 6) is 0.138. The van der Waals surface area contributed by atoms with E-state index in [4.69, 9.17) is 16.3 Å². The summed E-state index contributed by atoms with van der Waals surface area (Å²) in [7, 11) is -1.77. The smallest absolute Gasteiger partial charge is 0.322 e. The van der Waals surface area contributed by atoms with Crippen molar-refractivity contribution < 1.29 is 13.2 Å². The van der Waals surface area contributed by atoms with Gasteiger partial charge in [0.05, 0.1) is 27.4 Å². The fourth-order valence-electron chi connectivity index (χ4n) is 2.70. The van der Waals surface area contributed by atoms with Gasteiger partial charge in [-0.15, -0.1) is 0 Å². The molecule has 0 saturated carbocycles. The summed E-state index contributed by atoms with van der Waals surface area (Å²) in [5, 5.41) is -0.161. The maximum atomic E-state index is 12.5. The predicted octanol–water partition coefficient (Wildman–Crippen LogP) is 3.92. The molecule has 0 aliphatic heterocycles. The second kappa shape index (κ2) is 8.57. The highest BCUT2D eigenvalue weighted by atomic mass is 35.5. The lowest BCUT2D eigenvalue weighted by molar-refractivity contribution is 0.438. The van der Waals surface area contributed by atoms with Gasteiger partial charge >= 0.3 is 6.01 Å². The van der Waals surface area contributed by atoms with E-state index in [1.54, 1.807) is 51.4 Å². The zero-order valence-electron chi connectivity index (χ0n) is 17.1. The third-order valence-electron chi connectivity index (χ3n) is 4.56. The third kappa shape index (κ3) is 4.88. The van der Waals surface area contributed by atoms with Crippen LogP contribution in [0, 0.1) is 6.92 Å². The van der Waals surface area contributed by atoms with Crippen molar-refractivity contribution in [3.05, 3.63) is 69.2 Å². The number of hydrogen-bond acceptors (Lipinski definition) is 6. The number of rotatable bonds is 6. The van der Waals surface area contributed by atoms with Crippen molar-refractivity contribution in [1.29, 1.82) is 0 Å². The van der Waals surface area contributed by atoms with Crippen molar-refractivity contribution in [2.75, 3.05) is 0 Å². The molecule has 2 heterocycles. The van der Waals surface area contributed by atoms with Gasteiger partial charge in [-0.3, -0.25) is 4.79 Å². The van der Waals surface area contributed by atoms with Crippen molar-refractivity contribution in [3.8, 4) is 23.0 Å². The predicted molar refractivity (Wildman–Crippen MR) is 117 cm³/mol. The van der Waals surface area contributed by atoms with Crippen LogP contribution < -0.4 is 10.3 Å². The molecule has 9 heteroatoms. The second-order valence-corrected chi connectivity index (χ2v) is 10.2. The van der Waals surface area contributed by atoms with Crippen LogP contribution in [-0.4, -0.2) is 28.2 Å². The first-order valence-electron chi connectivity index (χ1n) is 9.26. The molecule has 0 radical (unpaired) electrons. The zero-order valence-corrected chi connectivity index (χ0v) is 18.7. The normalized spacial score (nSPS) is 11.7. The maximum absolute atomic E-state index is 12.5. The molecule has 0 N–H and O–H groups in total. The molecule has 0 spiro atoms. The molecule has 1 aromatic carbocycles. The number of para-hydroxylation sites is 1. The SMILES string of the molecule is Cc1cccc(Cl)c1Oc1nc(CS(=O)(=O)C(C)C)cc(-c2ccc(=O)n(C)c2)n1. The van der Waals surface area contributed by atoms with Crippen LogP contribution in [0.15, 0.2) is 47.4 Å². The van der Waals surface area contributed by atoms with Gasteiger partial charge in [0.25, 0.3) is 0 Å². The number of benzene rings is 1. The first-order valence-corrected chi connectivity index (χ1v) is 11.4. The van der Waals surface area contributed by atoms with E-state index in [2.05, 4.69) is 9.97 Å². The number of halogens is 1. The van der Waals surface area contributed by atoms with Crippen LogP contribution in [0.4, 0.5) is 0 Å². The molecule has 0 unspecified atom stereocenters. The molecule has 3 aromatic rings. The summed E-state index contributed by atoms with van der Waals surface area (Å²) in [6, 6.07) is 9.93. The minimum absolute atomic E-state index is 0.0218. The molecule has 30 heavy (non-hydrogen) atoms. The average molecular weight is 448 g/mol. The first kappa shape index (κ1) is 22.0. The van der Waals surface area contributed by atoms with Crippen LogP contribution in [0.1, 0.15) is 25.1 Å². The van der Waals surface area contributed by atoms with Gasteiger partial charge < -0.3 is 9.30 Å². The molecule has 0 amide bonds. The van der Waals surface area contributed by atoms with E-state index in [0.717, 1.165) is 5.56 Å². The van der Waals surface area contributed by atoms with Gasteiger partial charge in [0.2, 0.25) is 5.56 Å². The Morgan fingerprint density at radius 3 is 2.53 bits per heavy atom. The number of aromatic nitrogens is 3. The summed E-state index contributed by atoms with van der Waals surface area (Å²) in [6.45, 7) is 5.08. The fraction of sp³-hybridized carbons (Fsp3) is 0.286. The van der Waals surface area contributed by atoms with Crippen molar-refractivity contribution in [2.45, 2.75) is 31.8 Å². The monoisotopic (exact) mass is 447 g/mol. The van der Waals surface area contributed by atoms with Crippen LogP contribution in [0.3, 0.4) is 0 Å². The van der Waals surface area contributed by atoms with Gasteiger partial charge in [0.15, 0.2) is 15.6 Å². The van der Waals surface area contributed by atoms with Crippen molar-refractivity contribution >= 4 is 21.4 Å². The molecular weight excluding hydrogens is 426 g/mol. The highest BCUT2D eigenvalue weighted by Crippen LogP contribution is 2.32. The highest BCUT2D eigenvalue weighted by Gasteiger charge is 2.20. The number of pyridine rings is 1. The number of sulfone groups is 1. The second-order valence-electron chi connectivity index (χ2n) is 7.24. The minimum atomic E-state index is -3.40. The molecule has 3 rings (SSSR count). The Bertz CT molecular complexity index is 1230. The summed E-state index contributed by atoms with van der Waals surface area (Å²) in [6.07, 6.45) is 1.62. The Hall–Kier alpha value is -2.71. The van der Waals surface area contributed by atoms with E-state index >= 15 is 0 Å². The minimum Gasteiger partial charge on any atom is -0.422 e. The Morgan fingerprint density at radius 1 is 1.17 bits per heavy atom. The molecule has 7 nitrogen and oxygen atoms in total. The number of ether oxygens (including phenoxy) is 1.